The van der Waals surface area contributed by atoms with Gasteiger partial charge in [0.25, 0.3) is 12.1 Å². The molecular formula is C22H27N3O8P+. The first-order valence-corrected chi connectivity index (χ1v) is 12.5. The predicted molar refractivity (Wildman–Crippen MR) is 115 cm³/mol. The van der Waals surface area contributed by atoms with Gasteiger partial charge >= 0.3 is 7.82 Å². The maximum atomic E-state index is 13.2. The molecule has 2 aromatic heterocycles. The van der Waals surface area contributed by atoms with Gasteiger partial charge in [-0.15, -0.1) is 0 Å². The van der Waals surface area contributed by atoms with Crippen LogP contribution in [0.25, 0.3) is 0 Å². The summed E-state index contributed by atoms with van der Waals surface area (Å²) in [5.41, 5.74) is 6.55. The second-order valence-electron chi connectivity index (χ2n) is 8.78. The molecule has 0 aromatic carbocycles. The molecule has 5 heterocycles. The van der Waals surface area contributed by atoms with Crippen molar-refractivity contribution in [1.29, 1.82) is 0 Å². The van der Waals surface area contributed by atoms with Gasteiger partial charge in [0.2, 0.25) is 0 Å². The topological polar surface area (TPSA) is 132 Å². The fourth-order valence-electron chi connectivity index (χ4n) is 4.37. The highest BCUT2D eigenvalue weighted by Crippen LogP contribution is 2.57. The van der Waals surface area contributed by atoms with Crippen LogP contribution in [0.15, 0.2) is 49.1 Å². The second-order valence-corrected chi connectivity index (χ2v) is 10.4. The minimum absolute atomic E-state index is 0.107. The Balaban J connectivity index is 1.31. The number of phosphoric ester groups is 1. The van der Waals surface area contributed by atoms with E-state index in [9.17, 15) is 9.36 Å². The first kappa shape index (κ1) is 23.5. The standard InChI is InChI=1S/C22H26N3O8P/c1-22(2)31-18-17(30-21(19(18)32-22)25-9-4-6-15(12-25)20(23)26)13-29-34(27)28-10-7-16(33-34)14-5-3-8-24-11-14/h3-6,8-9,11-12,16-19,21H,7,10,13H2,1-2H3,(H-,23,26)/p+1/t16?,17?,18-,19-,21-,34?/m1/s1. The Labute approximate surface area is 196 Å². The highest BCUT2D eigenvalue weighted by molar-refractivity contribution is 7.48. The highest BCUT2D eigenvalue weighted by Gasteiger charge is 2.59. The lowest BCUT2D eigenvalue weighted by Gasteiger charge is -2.30. The van der Waals surface area contributed by atoms with Crippen LogP contribution in [0.3, 0.4) is 0 Å². The SMILES string of the molecule is CC1(C)O[C@@H]2[C@H](O1)C(COP1(=O)OCCC(c3cccnc3)O1)O[C@H]2[n+]1cccc(C(N)=O)c1. The molecule has 0 bridgehead atoms. The van der Waals surface area contributed by atoms with Gasteiger partial charge in [-0.25, -0.2) is 4.57 Å². The van der Waals surface area contributed by atoms with E-state index in [1.165, 1.54) is 0 Å². The number of hydrogen-bond donors (Lipinski definition) is 1. The number of carbonyl (C=O) groups excluding carboxylic acids is 1. The molecule has 0 saturated carbocycles. The average Bonchev–Trinajstić information content (AvgIpc) is 3.31. The number of rotatable bonds is 6. The van der Waals surface area contributed by atoms with E-state index in [2.05, 4.69) is 4.98 Å². The first-order valence-electron chi connectivity index (χ1n) is 11.0. The summed E-state index contributed by atoms with van der Waals surface area (Å²) in [6, 6.07) is 6.95. The molecule has 11 nitrogen and oxygen atoms in total. The molecule has 0 radical (unpaired) electrons. The van der Waals surface area contributed by atoms with Crippen molar-refractivity contribution >= 4 is 13.7 Å². The average molecular weight is 492 g/mol. The van der Waals surface area contributed by atoms with Crippen molar-refractivity contribution < 1.29 is 41.7 Å². The molecule has 5 rings (SSSR count). The van der Waals surface area contributed by atoms with Crippen LogP contribution in [-0.2, 0) is 32.3 Å². The van der Waals surface area contributed by atoms with E-state index in [0.717, 1.165) is 5.56 Å². The summed E-state index contributed by atoms with van der Waals surface area (Å²) in [7, 11) is -3.84. The number of pyridine rings is 2. The molecule has 34 heavy (non-hydrogen) atoms. The normalized spacial score (nSPS) is 34.6. The molecule has 3 saturated heterocycles. The molecule has 3 aliphatic rings. The Hall–Kier alpha value is -2.24. The zero-order chi connectivity index (χ0) is 23.9. The van der Waals surface area contributed by atoms with Crippen LogP contribution in [-0.4, -0.2) is 48.2 Å². The Morgan fingerprint density at radius 1 is 1.29 bits per heavy atom. The summed E-state index contributed by atoms with van der Waals surface area (Å²) >= 11 is 0. The van der Waals surface area contributed by atoms with Crippen LogP contribution in [0, 0.1) is 0 Å². The minimum atomic E-state index is -3.84. The monoisotopic (exact) mass is 492 g/mol. The number of aromatic nitrogens is 2. The van der Waals surface area contributed by atoms with Crippen molar-refractivity contribution in [2.75, 3.05) is 13.2 Å². The molecule has 3 aliphatic heterocycles. The minimum Gasteiger partial charge on any atom is -0.365 e. The van der Waals surface area contributed by atoms with Crippen molar-refractivity contribution in [2.24, 2.45) is 5.73 Å². The molecule has 2 N–H and O–H groups in total. The Kier molecular flexibility index (Phi) is 6.28. The number of nitrogens with zero attached hydrogens (tertiary/aromatic N) is 2. The lowest BCUT2D eigenvalue weighted by molar-refractivity contribution is -0.766. The first-order chi connectivity index (χ1) is 16.2. The molecule has 3 fully saturated rings. The molecular weight excluding hydrogens is 465 g/mol. The summed E-state index contributed by atoms with van der Waals surface area (Å²) in [6.45, 7) is 3.72. The summed E-state index contributed by atoms with van der Waals surface area (Å²) in [6.07, 6.45) is 4.51. The number of ether oxygens (including phenoxy) is 3. The summed E-state index contributed by atoms with van der Waals surface area (Å²) in [5.74, 6) is -1.41. The molecule has 6 atom stereocenters. The molecule has 2 aromatic rings. The highest BCUT2D eigenvalue weighted by atomic mass is 31.2. The number of carbonyl (C=O) groups is 1. The lowest BCUT2D eigenvalue weighted by Crippen LogP contribution is -2.46. The summed E-state index contributed by atoms with van der Waals surface area (Å²) in [5, 5.41) is 0. The zero-order valence-electron chi connectivity index (χ0n) is 18.8. The van der Waals surface area contributed by atoms with Gasteiger partial charge < -0.3 is 19.9 Å². The van der Waals surface area contributed by atoms with E-state index < -0.39 is 50.2 Å². The van der Waals surface area contributed by atoms with Gasteiger partial charge in [0, 0.05) is 24.9 Å². The largest absolute Gasteiger partial charge is 0.475 e. The van der Waals surface area contributed by atoms with Gasteiger partial charge in [0.05, 0.1) is 19.3 Å². The molecule has 0 spiro atoms. The van der Waals surface area contributed by atoms with Crippen molar-refractivity contribution in [3.8, 4) is 0 Å². The van der Waals surface area contributed by atoms with Crippen LogP contribution in [0.5, 0.6) is 0 Å². The summed E-state index contributed by atoms with van der Waals surface area (Å²) in [4.78, 5) is 15.7. The van der Waals surface area contributed by atoms with E-state index in [1.54, 1.807) is 61.4 Å². The zero-order valence-corrected chi connectivity index (χ0v) is 19.7. The number of hydrogen-bond acceptors (Lipinski definition) is 9. The molecule has 12 heteroatoms. The smallest absolute Gasteiger partial charge is 0.365 e. The van der Waals surface area contributed by atoms with Crippen molar-refractivity contribution in [3.05, 3.63) is 60.2 Å². The number of fused-ring (bicyclic) bond motifs is 1. The van der Waals surface area contributed by atoms with Crippen molar-refractivity contribution in [3.63, 3.8) is 0 Å². The van der Waals surface area contributed by atoms with E-state index >= 15 is 0 Å². The third-order valence-electron chi connectivity index (χ3n) is 5.86. The Bertz CT molecular complexity index is 1100. The number of phosphoric acid groups is 1. The molecule has 0 aliphatic carbocycles. The van der Waals surface area contributed by atoms with E-state index in [0.29, 0.717) is 12.0 Å². The van der Waals surface area contributed by atoms with Crippen LogP contribution in [0.4, 0.5) is 0 Å². The number of primary amides is 1. The number of amides is 1. The number of nitrogens with two attached hydrogens (primary N) is 1. The Morgan fingerprint density at radius 2 is 2.12 bits per heavy atom. The van der Waals surface area contributed by atoms with E-state index in [-0.39, 0.29) is 13.2 Å². The van der Waals surface area contributed by atoms with Gasteiger partial charge in [-0.1, -0.05) is 6.07 Å². The van der Waals surface area contributed by atoms with Crippen LogP contribution < -0.4 is 10.3 Å². The maximum absolute atomic E-state index is 13.2. The molecule has 182 valence electrons. The maximum Gasteiger partial charge on any atom is 0.475 e. The van der Waals surface area contributed by atoms with Gasteiger partial charge in [-0.05, 0) is 31.5 Å². The second kappa shape index (κ2) is 9.09. The van der Waals surface area contributed by atoms with Gasteiger partial charge in [0.1, 0.15) is 17.8 Å². The molecule has 3 unspecified atom stereocenters. The van der Waals surface area contributed by atoms with Gasteiger partial charge in [0.15, 0.2) is 24.3 Å². The van der Waals surface area contributed by atoms with Crippen LogP contribution >= 0.6 is 7.82 Å². The van der Waals surface area contributed by atoms with E-state index in [1.807, 2.05) is 6.07 Å². The van der Waals surface area contributed by atoms with Crippen molar-refractivity contribution in [2.45, 2.75) is 56.7 Å². The van der Waals surface area contributed by atoms with Crippen LogP contribution in [0.1, 0.15) is 48.5 Å². The predicted octanol–water partition coefficient (Wildman–Crippen LogP) is 2.19. The third-order valence-corrected chi connectivity index (χ3v) is 7.34. The van der Waals surface area contributed by atoms with Gasteiger partial charge in [-0.2, -0.15) is 4.57 Å². The quantitative estimate of drug-likeness (QED) is 0.476. The fourth-order valence-corrected chi connectivity index (χ4v) is 5.76. The summed E-state index contributed by atoms with van der Waals surface area (Å²) < 4.78 is 50.0. The van der Waals surface area contributed by atoms with Crippen LogP contribution in [0.2, 0.25) is 0 Å². The Morgan fingerprint density at radius 3 is 2.88 bits per heavy atom. The van der Waals surface area contributed by atoms with Gasteiger partial charge in [-0.3, -0.25) is 23.3 Å². The lowest BCUT2D eigenvalue weighted by atomic mass is 10.1. The van der Waals surface area contributed by atoms with Crippen molar-refractivity contribution in [1.82, 2.24) is 4.98 Å². The van der Waals surface area contributed by atoms with E-state index in [4.69, 9.17) is 33.5 Å². The fraction of sp³-hybridized carbons (Fsp3) is 0.500. The molecule has 1 amide bonds. The third kappa shape index (κ3) is 4.78.